The van der Waals surface area contributed by atoms with Crippen LogP contribution in [0.15, 0.2) is 54.6 Å². The highest BCUT2D eigenvalue weighted by atomic mass is 35.5. The van der Waals surface area contributed by atoms with E-state index in [1.165, 1.54) is 7.11 Å². The molecule has 290 valence electrons. The Kier molecular flexibility index (Phi) is 18.4. The number of carbonyl (C=O) groups excluding carboxylic acids is 3. The molecule has 1 aliphatic heterocycles. The number of piperazine rings is 1. The molecule has 0 atom stereocenters. The molecule has 1 aromatic heterocycles. The minimum absolute atomic E-state index is 0. The SMILES string of the molecule is COc1cc(C(=O)N(C)c2ccc(C)cc2OCCCCCC(=O)N2CCN(C)CC2)ccc1NC(=O)c1cccc2[nH]c(CCCN)nc12.Cl.Cl.Cl. The molecule has 0 aliphatic carbocycles. The molecule has 1 saturated heterocycles. The van der Waals surface area contributed by atoms with Crippen molar-refractivity contribution in [3.05, 3.63) is 77.1 Å². The molecule has 0 unspecified atom stereocenters. The summed E-state index contributed by atoms with van der Waals surface area (Å²) in [5.41, 5.74) is 9.89. The Morgan fingerprint density at radius 2 is 1.70 bits per heavy atom. The summed E-state index contributed by atoms with van der Waals surface area (Å²) in [6.07, 6.45) is 4.54. The number of hydrogen-bond acceptors (Lipinski definition) is 8. The first-order valence-corrected chi connectivity index (χ1v) is 17.3. The lowest BCUT2D eigenvalue weighted by atomic mass is 10.1. The van der Waals surface area contributed by atoms with Crippen LogP contribution in [0.1, 0.15) is 64.2 Å². The number of halogens is 3. The van der Waals surface area contributed by atoms with Gasteiger partial charge >= 0.3 is 0 Å². The van der Waals surface area contributed by atoms with E-state index < -0.39 is 0 Å². The van der Waals surface area contributed by atoms with Crippen LogP contribution in [-0.2, 0) is 11.2 Å². The lowest BCUT2D eigenvalue weighted by Crippen LogP contribution is -2.47. The van der Waals surface area contributed by atoms with Crippen LogP contribution in [0.4, 0.5) is 11.4 Å². The number of H-pyrrole nitrogens is 1. The fourth-order valence-electron chi connectivity index (χ4n) is 6.04. The Morgan fingerprint density at radius 1 is 0.943 bits per heavy atom. The van der Waals surface area contributed by atoms with Crippen molar-refractivity contribution in [2.24, 2.45) is 5.73 Å². The second kappa shape index (κ2) is 21.6. The number of aromatic amines is 1. The zero-order valence-corrected chi connectivity index (χ0v) is 33.3. The van der Waals surface area contributed by atoms with Crippen molar-refractivity contribution < 1.29 is 23.9 Å². The Labute approximate surface area is 330 Å². The van der Waals surface area contributed by atoms with Crippen LogP contribution in [0.5, 0.6) is 11.5 Å². The van der Waals surface area contributed by atoms with E-state index >= 15 is 0 Å². The van der Waals surface area contributed by atoms with Gasteiger partial charge in [0.2, 0.25) is 5.91 Å². The quantitative estimate of drug-likeness (QED) is 0.119. The van der Waals surface area contributed by atoms with Gasteiger partial charge < -0.3 is 40.2 Å². The number of ether oxygens (including phenoxy) is 2. The van der Waals surface area contributed by atoms with Gasteiger partial charge in [0.05, 0.1) is 36.2 Å². The number of carbonyl (C=O) groups is 3. The third kappa shape index (κ3) is 11.7. The first-order valence-electron chi connectivity index (χ1n) is 17.3. The number of nitrogens with two attached hydrogens (primary N) is 1. The van der Waals surface area contributed by atoms with Gasteiger partial charge in [0.25, 0.3) is 11.8 Å². The smallest absolute Gasteiger partial charge is 0.258 e. The number of nitrogens with one attached hydrogen (secondary N) is 2. The molecule has 53 heavy (non-hydrogen) atoms. The number of methoxy groups -OCH3 is 1. The number of imidazole rings is 1. The molecule has 2 heterocycles. The van der Waals surface area contributed by atoms with Gasteiger partial charge in [0, 0.05) is 51.6 Å². The molecule has 3 aromatic carbocycles. The summed E-state index contributed by atoms with van der Waals surface area (Å²) >= 11 is 0. The fourth-order valence-corrected chi connectivity index (χ4v) is 6.04. The normalized spacial score (nSPS) is 12.6. The minimum Gasteiger partial charge on any atom is -0.495 e. The molecule has 1 aliphatic rings. The summed E-state index contributed by atoms with van der Waals surface area (Å²) in [4.78, 5) is 53.3. The second-order valence-corrected chi connectivity index (χ2v) is 12.8. The summed E-state index contributed by atoms with van der Waals surface area (Å²) in [5, 5.41) is 2.92. The lowest BCUT2D eigenvalue weighted by molar-refractivity contribution is -0.132. The Morgan fingerprint density at radius 3 is 2.42 bits per heavy atom. The number of hydrogen-bond donors (Lipinski definition) is 3. The maximum absolute atomic E-state index is 13.7. The number of benzene rings is 3. The number of anilines is 2. The minimum atomic E-state index is -0.343. The van der Waals surface area contributed by atoms with E-state index in [0.29, 0.717) is 65.5 Å². The molecule has 5 rings (SSSR count). The second-order valence-electron chi connectivity index (χ2n) is 12.8. The number of rotatable bonds is 15. The number of aromatic nitrogens is 2. The van der Waals surface area contributed by atoms with E-state index in [2.05, 4.69) is 27.2 Å². The Bertz CT molecular complexity index is 1810. The molecule has 0 saturated carbocycles. The van der Waals surface area contributed by atoms with Crippen molar-refractivity contribution >= 4 is 77.4 Å². The van der Waals surface area contributed by atoms with Crippen molar-refractivity contribution in [1.29, 1.82) is 0 Å². The topological polar surface area (TPSA) is 146 Å². The molecule has 0 spiro atoms. The molecular weight excluding hydrogens is 741 g/mol. The predicted molar refractivity (Wildman–Crippen MR) is 218 cm³/mol. The highest BCUT2D eigenvalue weighted by Crippen LogP contribution is 2.32. The summed E-state index contributed by atoms with van der Waals surface area (Å²) in [5.74, 6) is 1.37. The van der Waals surface area contributed by atoms with Crippen molar-refractivity contribution in [3.63, 3.8) is 0 Å². The van der Waals surface area contributed by atoms with Gasteiger partial charge in [0.15, 0.2) is 0 Å². The van der Waals surface area contributed by atoms with Gasteiger partial charge in [-0.05, 0) is 94.2 Å². The van der Waals surface area contributed by atoms with Gasteiger partial charge in [-0.2, -0.15) is 0 Å². The standard InChI is InChI=1S/C38H49N7O5.3ClH/c1-26-14-17-31(33(24-26)50-23-7-5-6-13-35(46)45-21-19-43(2)20-22-45)44(3)38(48)27-15-16-29(32(25-27)49-4)41-37(47)28-10-8-11-30-36(28)42-34(40-30)12-9-18-39;;;/h8,10-11,14-17,24-25H,5-7,9,12-13,18-23,39H2,1-4H3,(H,40,42)(H,41,47);3*1H. The maximum Gasteiger partial charge on any atom is 0.258 e. The van der Waals surface area contributed by atoms with Crippen LogP contribution < -0.4 is 25.4 Å². The zero-order valence-electron chi connectivity index (χ0n) is 30.8. The summed E-state index contributed by atoms with van der Waals surface area (Å²) in [7, 11) is 5.28. The van der Waals surface area contributed by atoms with E-state index in [0.717, 1.165) is 68.8 Å². The maximum atomic E-state index is 13.7. The molecule has 0 bridgehead atoms. The molecule has 0 radical (unpaired) electrons. The first kappa shape index (κ1) is 45.1. The molecule has 3 amide bonds. The van der Waals surface area contributed by atoms with Crippen LogP contribution in [0.3, 0.4) is 0 Å². The van der Waals surface area contributed by atoms with Gasteiger partial charge in [-0.15, -0.1) is 37.2 Å². The van der Waals surface area contributed by atoms with Crippen LogP contribution >= 0.6 is 37.2 Å². The van der Waals surface area contributed by atoms with Crippen molar-refractivity contribution in [3.8, 4) is 11.5 Å². The van der Waals surface area contributed by atoms with E-state index in [1.807, 2.05) is 36.1 Å². The van der Waals surface area contributed by atoms with E-state index in [1.54, 1.807) is 42.3 Å². The van der Waals surface area contributed by atoms with E-state index in [-0.39, 0.29) is 54.9 Å². The summed E-state index contributed by atoms with van der Waals surface area (Å²) in [6.45, 7) is 6.46. The number of fused-ring (bicyclic) bond motifs is 1. The van der Waals surface area contributed by atoms with Crippen molar-refractivity contribution in [1.82, 2.24) is 19.8 Å². The third-order valence-corrected chi connectivity index (χ3v) is 9.05. The van der Waals surface area contributed by atoms with Crippen LogP contribution in [-0.4, -0.2) is 98.0 Å². The fraction of sp³-hybridized carbons (Fsp3) is 0.421. The van der Waals surface area contributed by atoms with Gasteiger partial charge in [-0.25, -0.2) is 4.98 Å². The molecule has 4 N–H and O–H groups in total. The first-order chi connectivity index (χ1) is 24.2. The van der Waals surface area contributed by atoms with E-state index in [4.69, 9.17) is 15.2 Å². The van der Waals surface area contributed by atoms with Crippen LogP contribution in [0, 0.1) is 6.92 Å². The number of aryl methyl sites for hydroxylation is 2. The van der Waals surface area contributed by atoms with Gasteiger partial charge in [-0.3, -0.25) is 14.4 Å². The summed E-state index contributed by atoms with van der Waals surface area (Å²) in [6, 6.07) is 16.1. The highest BCUT2D eigenvalue weighted by molar-refractivity contribution is 6.12. The van der Waals surface area contributed by atoms with Crippen molar-refractivity contribution in [2.75, 3.05) is 70.8 Å². The number of unbranched alkanes of at least 4 members (excludes halogenated alkanes) is 2. The zero-order chi connectivity index (χ0) is 35.6. The predicted octanol–water partition coefficient (Wildman–Crippen LogP) is 6.28. The molecule has 12 nitrogen and oxygen atoms in total. The monoisotopic (exact) mass is 791 g/mol. The number of para-hydroxylation sites is 1. The Balaban J connectivity index is 0.00000324. The number of likely N-dealkylation sites (N-methyl/N-ethyl adjacent to an activating group) is 1. The molecular formula is C38H52Cl3N7O5. The summed E-state index contributed by atoms with van der Waals surface area (Å²) < 4.78 is 11.8. The Hall–Kier alpha value is -4.07. The average Bonchev–Trinajstić information content (AvgIpc) is 3.55. The highest BCUT2D eigenvalue weighted by Gasteiger charge is 2.22. The van der Waals surface area contributed by atoms with Crippen molar-refractivity contribution in [2.45, 2.75) is 45.4 Å². The van der Waals surface area contributed by atoms with Crippen LogP contribution in [0.2, 0.25) is 0 Å². The van der Waals surface area contributed by atoms with Crippen LogP contribution in [0.25, 0.3) is 11.0 Å². The third-order valence-electron chi connectivity index (χ3n) is 9.05. The van der Waals surface area contributed by atoms with Gasteiger partial charge in [-0.1, -0.05) is 12.1 Å². The largest absolute Gasteiger partial charge is 0.495 e. The average molecular weight is 793 g/mol. The number of nitrogens with zero attached hydrogens (tertiary/aromatic N) is 4. The molecule has 15 heteroatoms. The molecule has 4 aromatic rings. The van der Waals surface area contributed by atoms with E-state index in [9.17, 15) is 14.4 Å². The number of amides is 3. The lowest BCUT2D eigenvalue weighted by Gasteiger charge is -2.32. The molecule has 1 fully saturated rings. The van der Waals surface area contributed by atoms with Gasteiger partial charge in [0.1, 0.15) is 22.8 Å².